The van der Waals surface area contributed by atoms with Crippen LogP contribution in [0.1, 0.15) is 19.8 Å². The van der Waals surface area contributed by atoms with Crippen LogP contribution in [0.15, 0.2) is 0 Å². The molecule has 0 aromatic rings. The molecule has 0 heterocycles. The summed E-state index contributed by atoms with van der Waals surface area (Å²) >= 11 is 0. The van der Waals surface area contributed by atoms with Crippen LogP contribution in [-0.4, -0.2) is 79.3 Å². The lowest BCUT2D eigenvalue weighted by atomic mass is 10.2. The predicted molar refractivity (Wildman–Crippen MR) is 74.5 cm³/mol. The van der Waals surface area contributed by atoms with Crippen molar-refractivity contribution < 1.29 is 49.8 Å². The van der Waals surface area contributed by atoms with Crippen LogP contribution in [-0.2, 0) is 19.2 Å². The number of hydrogen-bond acceptors (Lipinski definition) is 8. The van der Waals surface area contributed by atoms with Crippen molar-refractivity contribution in [2.24, 2.45) is 11.5 Å². The quantitative estimate of drug-likeness (QED) is 0.232. The summed E-state index contributed by atoms with van der Waals surface area (Å²) in [6, 6.07) is -2.28. The van der Waals surface area contributed by atoms with Crippen molar-refractivity contribution in [1.82, 2.24) is 0 Å². The average Bonchev–Trinajstić information content (AvgIpc) is 2.44. The number of hydrogen-bond donors (Lipinski definition) is 8. The van der Waals surface area contributed by atoms with Crippen LogP contribution < -0.4 is 11.5 Å². The van der Waals surface area contributed by atoms with Crippen molar-refractivity contribution in [2.45, 2.75) is 38.0 Å². The van der Waals surface area contributed by atoms with E-state index in [0.717, 1.165) is 0 Å². The Morgan fingerprint density at radius 3 is 1.26 bits per heavy atom. The molecule has 136 valence electrons. The van der Waals surface area contributed by atoms with Crippen LogP contribution in [0.25, 0.3) is 0 Å². The molecular formula is C11H22N2O10. The molecule has 12 heteroatoms. The van der Waals surface area contributed by atoms with Gasteiger partial charge in [-0.15, -0.1) is 0 Å². The van der Waals surface area contributed by atoms with Gasteiger partial charge in [-0.2, -0.15) is 0 Å². The molecule has 0 aromatic heterocycles. The number of carboxylic acid groups (broad SMARTS) is 4. The van der Waals surface area contributed by atoms with Crippen molar-refractivity contribution in [3.8, 4) is 0 Å². The van der Waals surface area contributed by atoms with Crippen molar-refractivity contribution >= 4 is 23.9 Å². The maximum Gasteiger partial charge on any atom is 0.323 e. The predicted octanol–water partition coefficient (Wildman–Crippen LogP) is -2.89. The van der Waals surface area contributed by atoms with E-state index in [0.29, 0.717) is 0 Å². The molecule has 0 aliphatic rings. The van der Waals surface area contributed by atoms with Crippen molar-refractivity contribution in [1.29, 1.82) is 0 Å². The molecule has 0 radical (unpaired) electrons. The summed E-state index contributed by atoms with van der Waals surface area (Å²) in [5, 5.41) is 48.2. The molecule has 0 aliphatic carbocycles. The van der Waals surface area contributed by atoms with E-state index in [2.05, 4.69) is 0 Å². The Balaban J connectivity index is -0.000000262. The molecule has 0 aliphatic heterocycles. The third-order valence-corrected chi connectivity index (χ3v) is 1.87. The molecule has 3 atom stereocenters. The van der Waals surface area contributed by atoms with E-state index in [-0.39, 0.29) is 12.8 Å². The van der Waals surface area contributed by atoms with Crippen LogP contribution in [0.2, 0.25) is 0 Å². The summed E-state index contributed by atoms with van der Waals surface area (Å²) < 4.78 is 0. The van der Waals surface area contributed by atoms with E-state index in [4.69, 9.17) is 42.1 Å². The molecule has 0 fully saturated rings. The first kappa shape index (κ1) is 25.7. The smallest absolute Gasteiger partial charge is 0.323 e. The van der Waals surface area contributed by atoms with E-state index in [1.54, 1.807) is 0 Å². The molecule has 0 amide bonds. The monoisotopic (exact) mass is 342 g/mol. The van der Waals surface area contributed by atoms with Crippen LogP contribution in [0.5, 0.6) is 0 Å². The largest absolute Gasteiger partial charge is 0.481 e. The number of nitrogens with two attached hydrogens (primary N) is 2. The van der Waals surface area contributed by atoms with Gasteiger partial charge in [0.1, 0.15) is 12.1 Å². The van der Waals surface area contributed by atoms with Gasteiger partial charge in [0, 0.05) is 0 Å². The Hall–Kier alpha value is -2.28. The number of rotatable bonds is 7. The van der Waals surface area contributed by atoms with Gasteiger partial charge in [-0.05, 0) is 6.92 Å². The number of aliphatic carboxylic acids is 4. The molecule has 10 N–H and O–H groups in total. The Kier molecular flexibility index (Phi) is 16.3. The summed E-state index contributed by atoms with van der Waals surface area (Å²) in [6.45, 7) is 0.827. The fourth-order valence-electron chi connectivity index (χ4n) is 0.498. The first-order valence-corrected chi connectivity index (χ1v) is 6.06. The Morgan fingerprint density at radius 1 is 0.870 bits per heavy atom. The van der Waals surface area contributed by atoms with Crippen molar-refractivity contribution in [3.05, 3.63) is 0 Å². The minimum Gasteiger partial charge on any atom is -0.481 e. The highest BCUT2D eigenvalue weighted by Crippen LogP contribution is 1.86. The van der Waals surface area contributed by atoms with E-state index >= 15 is 0 Å². The summed E-state index contributed by atoms with van der Waals surface area (Å²) in [6.07, 6.45) is -1.57. The zero-order valence-electron chi connectivity index (χ0n) is 12.3. The third-order valence-electron chi connectivity index (χ3n) is 1.87. The third kappa shape index (κ3) is 22.1. The Morgan fingerprint density at radius 2 is 1.22 bits per heavy atom. The van der Waals surface area contributed by atoms with Crippen molar-refractivity contribution in [2.75, 3.05) is 6.61 Å². The van der Waals surface area contributed by atoms with Crippen LogP contribution in [0, 0.1) is 0 Å². The highest BCUT2D eigenvalue weighted by molar-refractivity contribution is 5.75. The maximum absolute atomic E-state index is 9.86. The summed E-state index contributed by atoms with van der Waals surface area (Å²) in [5.74, 6) is -4.51. The summed E-state index contributed by atoms with van der Waals surface area (Å²) in [4.78, 5) is 38.8. The lowest BCUT2D eigenvalue weighted by Gasteiger charge is -2.06. The molecule has 23 heavy (non-hydrogen) atoms. The van der Waals surface area contributed by atoms with E-state index in [1.807, 2.05) is 0 Å². The lowest BCUT2D eigenvalue weighted by Crippen LogP contribution is -2.39. The standard InChI is InChI=1S/C4H9NO3.C4H6O4.C3H7NO3/c1-2(6)3(5)4(7)8;5-3(6)1-2-4(7)8;4-2(1-5)3(6)7/h2-3,6H,5H2,1H3,(H,7,8);1-2H2,(H,5,6)(H,7,8);2,5H,1,4H2,(H,6,7). The van der Waals surface area contributed by atoms with Gasteiger partial charge in [-0.1, -0.05) is 0 Å². The highest BCUT2D eigenvalue weighted by Gasteiger charge is 2.16. The molecule has 12 nitrogen and oxygen atoms in total. The lowest BCUT2D eigenvalue weighted by molar-refractivity contribution is -0.143. The first-order chi connectivity index (χ1) is 10.4. The van der Waals surface area contributed by atoms with E-state index < -0.39 is 48.7 Å². The topological polar surface area (TPSA) is 242 Å². The second kappa shape index (κ2) is 14.6. The fraction of sp³-hybridized carbons (Fsp3) is 0.636. The van der Waals surface area contributed by atoms with Gasteiger partial charge in [-0.25, -0.2) is 0 Å². The molecular weight excluding hydrogens is 320 g/mol. The second-order valence-corrected chi connectivity index (χ2v) is 4.02. The second-order valence-electron chi connectivity index (χ2n) is 4.02. The zero-order chi connectivity index (χ0) is 19.2. The van der Waals surface area contributed by atoms with Crippen molar-refractivity contribution in [3.63, 3.8) is 0 Å². The Labute approximate surface area is 130 Å². The van der Waals surface area contributed by atoms with Gasteiger partial charge < -0.3 is 42.1 Å². The van der Waals surface area contributed by atoms with Gasteiger partial charge in [0.2, 0.25) is 0 Å². The normalized spacial score (nSPS) is 13.1. The molecule has 0 rings (SSSR count). The number of carboxylic acids is 4. The zero-order valence-corrected chi connectivity index (χ0v) is 12.3. The van der Waals surface area contributed by atoms with Crippen LogP contribution in [0.3, 0.4) is 0 Å². The molecule has 0 saturated carbocycles. The number of aliphatic hydroxyl groups excluding tert-OH is 2. The molecule has 0 spiro atoms. The highest BCUT2D eigenvalue weighted by atomic mass is 16.4. The van der Waals surface area contributed by atoms with Crippen LogP contribution in [0.4, 0.5) is 0 Å². The minimum atomic E-state index is -1.18. The minimum absolute atomic E-state index is 0.296. The SMILES string of the molecule is CC(O)C(N)C(=O)O.NC(CO)C(=O)O.O=C(O)CCC(=O)O. The van der Waals surface area contributed by atoms with Gasteiger partial charge >= 0.3 is 23.9 Å². The van der Waals surface area contributed by atoms with E-state index in [9.17, 15) is 19.2 Å². The average molecular weight is 342 g/mol. The summed E-state index contributed by atoms with van der Waals surface area (Å²) in [7, 11) is 0. The fourth-order valence-corrected chi connectivity index (χ4v) is 0.498. The summed E-state index contributed by atoms with van der Waals surface area (Å²) in [5.41, 5.74) is 9.68. The first-order valence-electron chi connectivity index (χ1n) is 6.06. The maximum atomic E-state index is 9.86. The van der Waals surface area contributed by atoms with E-state index in [1.165, 1.54) is 6.92 Å². The molecule has 0 aromatic carbocycles. The van der Waals surface area contributed by atoms with Gasteiger partial charge in [0.05, 0.1) is 25.6 Å². The number of carbonyl (C=O) groups is 4. The molecule has 0 bridgehead atoms. The Bertz CT molecular complexity index is 371. The molecule has 3 unspecified atom stereocenters. The van der Waals surface area contributed by atoms with Gasteiger partial charge in [0.25, 0.3) is 0 Å². The van der Waals surface area contributed by atoms with Crippen LogP contribution >= 0.6 is 0 Å². The van der Waals surface area contributed by atoms with Gasteiger partial charge in [-0.3, -0.25) is 19.2 Å². The molecule has 0 saturated heterocycles. The van der Waals surface area contributed by atoms with Gasteiger partial charge in [0.15, 0.2) is 0 Å². The number of aliphatic hydroxyl groups is 2.